The fraction of sp³-hybridized carbons (Fsp3) is 0.286. The van der Waals surface area contributed by atoms with Crippen molar-refractivity contribution in [1.82, 2.24) is 14.6 Å². The SMILES string of the molecule is CCCSc1nn2c(C)c(-c3ccc(Cl)cc3)nc2s1. The molecule has 0 bridgehead atoms. The Hall–Kier alpha value is -1.04. The third-order valence-electron chi connectivity index (χ3n) is 2.96. The lowest BCUT2D eigenvalue weighted by atomic mass is 10.1. The number of fused-ring (bicyclic) bond motifs is 1. The summed E-state index contributed by atoms with van der Waals surface area (Å²) in [7, 11) is 0. The molecule has 6 heteroatoms. The quantitative estimate of drug-likeness (QED) is 0.638. The number of nitrogens with zero attached hydrogens (tertiary/aromatic N) is 3. The number of aromatic nitrogens is 3. The molecule has 0 saturated heterocycles. The van der Waals surface area contributed by atoms with Crippen LogP contribution in [0.5, 0.6) is 0 Å². The summed E-state index contributed by atoms with van der Waals surface area (Å²) in [6.07, 6.45) is 1.15. The summed E-state index contributed by atoms with van der Waals surface area (Å²) >= 11 is 9.37. The van der Waals surface area contributed by atoms with E-state index in [0.29, 0.717) is 0 Å². The molecule has 2 aromatic heterocycles. The van der Waals surface area contributed by atoms with Crippen LogP contribution in [0.2, 0.25) is 5.02 Å². The number of halogens is 1. The highest BCUT2D eigenvalue weighted by molar-refractivity contribution is 8.01. The molecule has 0 aliphatic carbocycles. The van der Waals surface area contributed by atoms with Gasteiger partial charge in [0.2, 0.25) is 4.96 Å². The van der Waals surface area contributed by atoms with Gasteiger partial charge in [-0.15, -0.1) is 5.10 Å². The van der Waals surface area contributed by atoms with Gasteiger partial charge in [-0.3, -0.25) is 0 Å². The second kappa shape index (κ2) is 5.76. The third-order valence-corrected chi connectivity index (χ3v) is 5.46. The summed E-state index contributed by atoms with van der Waals surface area (Å²) in [6.45, 7) is 4.23. The van der Waals surface area contributed by atoms with Gasteiger partial charge in [0.1, 0.15) is 0 Å². The normalized spacial score (nSPS) is 11.3. The van der Waals surface area contributed by atoms with Crippen molar-refractivity contribution < 1.29 is 0 Å². The maximum Gasteiger partial charge on any atom is 0.213 e. The number of rotatable bonds is 4. The highest BCUT2D eigenvalue weighted by Gasteiger charge is 2.14. The number of hydrogen-bond donors (Lipinski definition) is 0. The molecule has 20 heavy (non-hydrogen) atoms. The maximum absolute atomic E-state index is 5.93. The number of aryl methyl sites for hydroxylation is 1. The Morgan fingerprint density at radius 1 is 1.30 bits per heavy atom. The molecule has 0 aliphatic heterocycles. The van der Waals surface area contributed by atoms with Gasteiger partial charge >= 0.3 is 0 Å². The maximum atomic E-state index is 5.93. The van der Waals surface area contributed by atoms with Gasteiger partial charge in [0.15, 0.2) is 4.34 Å². The average Bonchev–Trinajstić information content (AvgIpc) is 2.97. The topological polar surface area (TPSA) is 30.2 Å². The van der Waals surface area contributed by atoms with Gasteiger partial charge in [-0.1, -0.05) is 53.8 Å². The van der Waals surface area contributed by atoms with Crippen LogP contribution in [0.1, 0.15) is 19.0 Å². The molecule has 0 atom stereocenters. The molecule has 3 nitrogen and oxygen atoms in total. The number of thioether (sulfide) groups is 1. The van der Waals surface area contributed by atoms with Gasteiger partial charge in [0.05, 0.1) is 11.4 Å². The molecule has 104 valence electrons. The van der Waals surface area contributed by atoms with Crippen molar-refractivity contribution >= 4 is 39.7 Å². The Kier molecular flexibility index (Phi) is 4.01. The van der Waals surface area contributed by atoms with Crippen LogP contribution in [-0.4, -0.2) is 20.4 Å². The first-order valence-corrected chi connectivity index (χ1v) is 8.62. The van der Waals surface area contributed by atoms with Crippen molar-refractivity contribution in [3.8, 4) is 11.3 Å². The Labute approximate surface area is 131 Å². The van der Waals surface area contributed by atoms with Crippen molar-refractivity contribution in [2.24, 2.45) is 0 Å². The zero-order chi connectivity index (χ0) is 14.1. The van der Waals surface area contributed by atoms with E-state index in [9.17, 15) is 0 Å². The highest BCUT2D eigenvalue weighted by Crippen LogP contribution is 2.30. The minimum Gasteiger partial charge on any atom is -0.217 e. The molecule has 2 heterocycles. The van der Waals surface area contributed by atoms with Gasteiger partial charge in [0, 0.05) is 16.3 Å². The van der Waals surface area contributed by atoms with Crippen molar-refractivity contribution in [3.05, 3.63) is 35.0 Å². The smallest absolute Gasteiger partial charge is 0.213 e. The van der Waals surface area contributed by atoms with E-state index in [4.69, 9.17) is 16.6 Å². The van der Waals surface area contributed by atoms with Crippen LogP contribution in [0.4, 0.5) is 0 Å². The average molecular weight is 324 g/mol. The standard InChI is InChI=1S/C14H14ClN3S2/c1-3-8-19-14-17-18-9(2)12(16-13(18)20-14)10-4-6-11(15)7-5-10/h4-7H,3,8H2,1-2H3. The number of imidazole rings is 1. The molecule has 0 N–H and O–H groups in total. The van der Waals surface area contributed by atoms with Crippen LogP contribution in [-0.2, 0) is 0 Å². The predicted octanol–water partition coefficient (Wildman–Crippen LogP) is 4.92. The third kappa shape index (κ3) is 2.57. The van der Waals surface area contributed by atoms with E-state index in [-0.39, 0.29) is 0 Å². The molecule has 0 spiro atoms. The van der Waals surface area contributed by atoms with Crippen molar-refractivity contribution in [3.63, 3.8) is 0 Å². The molecule has 0 amide bonds. The molecule has 0 fully saturated rings. The van der Waals surface area contributed by atoms with Crippen LogP contribution in [0.3, 0.4) is 0 Å². The zero-order valence-electron chi connectivity index (χ0n) is 11.3. The zero-order valence-corrected chi connectivity index (χ0v) is 13.6. The highest BCUT2D eigenvalue weighted by atomic mass is 35.5. The van der Waals surface area contributed by atoms with Crippen LogP contribution >= 0.6 is 34.7 Å². The van der Waals surface area contributed by atoms with Gasteiger partial charge in [-0.2, -0.15) is 0 Å². The lowest BCUT2D eigenvalue weighted by Crippen LogP contribution is -1.89. The van der Waals surface area contributed by atoms with Crippen molar-refractivity contribution in [1.29, 1.82) is 0 Å². The molecule has 0 unspecified atom stereocenters. The van der Waals surface area contributed by atoms with Crippen LogP contribution in [0.25, 0.3) is 16.2 Å². The van der Waals surface area contributed by atoms with Gasteiger partial charge < -0.3 is 0 Å². The molecule has 3 aromatic rings. The van der Waals surface area contributed by atoms with Crippen molar-refractivity contribution in [2.45, 2.75) is 24.6 Å². The van der Waals surface area contributed by atoms with E-state index in [0.717, 1.165) is 43.4 Å². The van der Waals surface area contributed by atoms with Crippen LogP contribution in [0.15, 0.2) is 28.6 Å². The monoisotopic (exact) mass is 323 g/mol. The first-order valence-electron chi connectivity index (χ1n) is 6.44. The molecule has 3 rings (SSSR count). The number of benzene rings is 1. The lowest BCUT2D eigenvalue weighted by Gasteiger charge is -1.99. The summed E-state index contributed by atoms with van der Waals surface area (Å²) in [4.78, 5) is 5.65. The molecule has 0 radical (unpaired) electrons. The summed E-state index contributed by atoms with van der Waals surface area (Å²) < 4.78 is 3.02. The second-order valence-corrected chi connectivity index (χ2v) is 7.20. The summed E-state index contributed by atoms with van der Waals surface area (Å²) in [6, 6.07) is 7.77. The summed E-state index contributed by atoms with van der Waals surface area (Å²) in [5, 5.41) is 5.36. The van der Waals surface area contributed by atoms with Crippen LogP contribution in [0, 0.1) is 6.92 Å². The predicted molar refractivity (Wildman–Crippen MR) is 87.1 cm³/mol. The Bertz CT molecular complexity index is 731. The minimum absolute atomic E-state index is 0.740. The van der Waals surface area contributed by atoms with Gasteiger partial charge in [-0.05, 0) is 25.5 Å². The van der Waals surface area contributed by atoms with E-state index >= 15 is 0 Å². The van der Waals surface area contributed by atoms with Gasteiger partial charge in [0.25, 0.3) is 0 Å². The van der Waals surface area contributed by atoms with E-state index in [1.807, 2.05) is 28.8 Å². The molecule has 0 aliphatic rings. The minimum atomic E-state index is 0.740. The number of hydrogen-bond acceptors (Lipinski definition) is 4. The first-order chi connectivity index (χ1) is 9.69. The van der Waals surface area contributed by atoms with Crippen molar-refractivity contribution in [2.75, 3.05) is 5.75 Å². The molecular weight excluding hydrogens is 310 g/mol. The molecular formula is C14H14ClN3S2. The van der Waals surface area contributed by atoms with E-state index < -0.39 is 0 Å². The Balaban J connectivity index is 1.99. The van der Waals surface area contributed by atoms with Gasteiger partial charge in [-0.25, -0.2) is 9.50 Å². The largest absolute Gasteiger partial charge is 0.217 e. The summed E-state index contributed by atoms with van der Waals surface area (Å²) in [5.41, 5.74) is 3.13. The molecule has 0 saturated carbocycles. The van der Waals surface area contributed by atoms with E-state index in [1.54, 1.807) is 23.1 Å². The lowest BCUT2D eigenvalue weighted by molar-refractivity contribution is 0.882. The fourth-order valence-corrected chi connectivity index (χ4v) is 3.99. The Morgan fingerprint density at radius 3 is 2.70 bits per heavy atom. The second-order valence-electron chi connectivity index (χ2n) is 4.46. The Morgan fingerprint density at radius 2 is 2.05 bits per heavy atom. The summed E-state index contributed by atoms with van der Waals surface area (Å²) in [5.74, 6) is 1.10. The molecule has 1 aromatic carbocycles. The van der Waals surface area contributed by atoms with Crippen LogP contribution < -0.4 is 0 Å². The fourth-order valence-electron chi connectivity index (χ4n) is 1.96. The van der Waals surface area contributed by atoms with E-state index in [1.165, 1.54) is 0 Å². The van der Waals surface area contributed by atoms with E-state index in [2.05, 4.69) is 18.9 Å². The first kappa shape index (κ1) is 13.9.